The van der Waals surface area contributed by atoms with Crippen molar-refractivity contribution in [2.45, 2.75) is 18.9 Å². The molecule has 1 heterocycles. The number of carbonyl (C=O) groups is 1. The molecular formula is C13H18N4O3. The average Bonchev–Trinajstić information content (AvgIpc) is 2.81. The van der Waals surface area contributed by atoms with Gasteiger partial charge in [0.2, 0.25) is 0 Å². The van der Waals surface area contributed by atoms with Crippen LogP contribution < -0.4 is 11.1 Å². The summed E-state index contributed by atoms with van der Waals surface area (Å²) >= 11 is 0. The summed E-state index contributed by atoms with van der Waals surface area (Å²) < 4.78 is 0. The van der Waals surface area contributed by atoms with Crippen LogP contribution in [0.1, 0.15) is 23.2 Å². The van der Waals surface area contributed by atoms with E-state index in [4.69, 9.17) is 5.73 Å². The van der Waals surface area contributed by atoms with Crippen LogP contribution in [0.25, 0.3) is 0 Å². The van der Waals surface area contributed by atoms with Crippen molar-refractivity contribution in [1.82, 2.24) is 10.2 Å². The zero-order valence-corrected chi connectivity index (χ0v) is 11.3. The molecule has 7 nitrogen and oxygen atoms in total. The normalized spacial score (nSPS) is 18.9. The first kappa shape index (κ1) is 14.3. The van der Waals surface area contributed by atoms with E-state index >= 15 is 0 Å². The Balaban J connectivity index is 2.08. The molecule has 1 amide bonds. The minimum atomic E-state index is -0.573. The van der Waals surface area contributed by atoms with Crippen molar-refractivity contribution in [2.24, 2.45) is 0 Å². The predicted octanol–water partition coefficient (Wildman–Crippen LogP) is 1.00. The number of rotatable bonds is 4. The number of amides is 1. The predicted molar refractivity (Wildman–Crippen MR) is 75.5 cm³/mol. The standard InChI is InChI=1S/C13H18N4O3/c1-16-6-2-3-10(16)8-15-13(18)11-7-9(14)4-5-12(11)17(19)20/h4-5,7,10H,2-3,6,8,14H2,1H3,(H,15,18). The van der Waals surface area contributed by atoms with Gasteiger partial charge in [0.25, 0.3) is 11.6 Å². The Morgan fingerprint density at radius 1 is 1.60 bits per heavy atom. The van der Waals surface area contributed by atoms with Gasteiger partial charge in [0.1, 0.15) is 5.56 Å². The summed E-state index contributed by atoms with van der Waals surface area (Å²) in [7, 11) is 2.01. The minimum Gasteiger partial charge on any atom is -0.399 e. The number of hydrogen-bond acceptors (Lipinski definition) is 5. The van der Waals surface area contributed by atoms with E-state index in [1.807, 2.05) is 7.05 Å². The summed E-state index contributed by atoms with van der Waals surface area (Å²) in [6.07, 6.45) is 2.13. The molecule has 0 radical (unpaired) electrons. The maximum absolute atomic E-state index is 12.1. The first-order chi connectivity index (χ1) is 9.49. The number of likely N-dealkylation sites (tertiary alicyclic amines) is 1. The van der Waals surface area contributed by atoms with Gasteiger partial charge in [0.05, 0.1) is 4.92 Å². The van der Waals surface area contributed by atoms with Crippen molar-refractivity contribution in [3.63, 3.8) is 0 Å². The van der Waals surface area contributed by atoms with E-state index < -0.39 is 10.8 Å². The smallest absolute Gasteiger partial charge is 0.282 e. The molecule has 108 valence electrons. The minimum absolute atomic E-state index is 0.00986. The Kier molecular flexibility index (Phi) is 4.19. The number of benzene rings is 1. The van der Waals surface area contributed by atoms with Crippen LogP contribution in [0.5, 0.6) is 0 Å². The van der Waals surface area contributed by atoms with E-state index in [1.165, 1.54) is 18.2 Å². The van der Waals surface area contributed by atoms with Crippen molar-refractivity contribution < 1.29 is 9.72 Å². The van der Waals surface area contributed by atoms with E-state index in [1.54, 1.807) is 0 Å². The molecule has 7 heteroatoms. The molecule has 20 heavy (non-hydrogen) atoms. The Hall–Kier alpha value is -2.15. The molecule has 2 rings (SSSR count). The molecule has 1 unspecified atom stereocenters. The molecular weight excluding hydrogens is 260 g/mol. The van der Waals surface area contributed by atoms with Gasteiger partial charge in [0, 0.05) is 24.3 Å². The SMILES string of the molecule is CN1CCCC1CNC(=O)c1cc(N)ccc1[N+](=O)[O-]. The van der Waals surface area contributed by atoms with E-state index in [-0.39, 0.29) is 11.3 Å². The fourth-order valence-corrected chi connectivity index (χ4v) is 2.44. The van der Waals surface area contributed by atoms with Gasteiger partial charge in [-0.25, -0.2) is 0 Å². The van der Waals surface area contributed by atoms with Crippen molar-refractivity contribution in [3.05, 3.63) is 33.9 Å². The molecule has 1 saturated heterocycles. The van der Waals surface area contributed by atoms with Crippen molar-refractivity contribution in [2.75, 3.05) is 25.9 Å². The second-order valence-electron chi connectivity index (χ2n) is 5.02. The second-order valence-corrected chi connectivity index (χ2v) is 5.02. The quantitative estimate of drug-likeness (QED) is 0.486. The second kappa shape index (κ2) is 5.87. The molecule has 0 spiro atoms. The number of carbonyl (C=O) groups excluding carboxylic acids is 1. The van der Waals surface area contributed by atoms with Crippen molar-refractivity contribution in [3.8, 4) is 0 Å². The molecule has 1 aliphatic rings. The number of likely N-dealkylation sites (N-methyl/N-ethyl adjacent to an activating group) is 1. The van der Waals surface area contributed by atoms with Gasteiger partial charge in [-0.3, -0.25) is 14.9 Å². The lowest BCUT2D eigenvalue weighted by molar-refractivity contribution is -0.385. The van der Waals surface area contributed by atoms with Gasteiger partial charge in [-0.05, 0) is 38.6 Å². The Labute approximate surface area is 116 Å². The lowest BCUT2D eigenvalue weighted by Gasteiger charge is -2.19. The zero-order valence-electron chi connectivity index (χ0n) is 11.3. The van der Waals surface area contributed by atoms with E-state index in [2.05, 4.69) is 10.2 Å². The summed E-state index contributed by atoms with van der Waals surface area (Å²) in [6.45, 7) is 1.50. The topological polar surface area (TPSA) is 102 Å². The van der Waals surface area contributed by atoms with E-state index in [9.17, 15) is 14.9 Å². The van der Waals surface area contributed by atoms with Crippen molar-refractivity contribution in [1.29, 1.82) is 0 Å². The summed E-state index contributed by atoms with van der Waals surface area (Å²) in [5.41, 5.74) is 5.71. The molecule has 1 aromatic rings. The van der Waals surface area contributed by atoms with Crippen LogP contribution in [-0.2, 0) is 0 Å². The number of nitro groups is 1. The maximum atomic E-state index is 12.1. The molecule has 0 saturated carbocycles. The van der Waals surface area contributed by atoms with Gasteiger partial charge in [-0.1, -0.05) is 0 Å². The van der Waals surface area contributed by atoms with Crippen LogP contribution >= 0.6 is 0 Å². The Morgan fingerprint density at radius 2 is 2.35 bits per heavy atom. The van der Waals surface area contributed by atoms with Gasteiger partial charge in [0.15, 0.2) is 0 Å². The molecule has 0 aromatic heterocycles. The summed E-state index contributed by atoms with van der Waals surface area (Å²) in [6, 6.07) is 4.30. The highest BCUT2D eigenvalue weighted by Crippen LogP contribution is 2.21. The molecule has 3 N–H and O–H groups in total. The molecule has 0 bridgehead atoms. The molecule has 1 aliphatic heterocycles. The highest BCUT2D eigenvalue weighted by molar-refractivity contribution is 5.99. The van der Waals surface area contributed by atoms with Gasteiger partial charge >= 0.3 is 0 Å². The highest BCUT2D eigenvalue weighted by atomic mass is 16.6. The average molecular weight is 278 g/mol. The number of nitro benzene ring substituents is 1. The summed E-state index contributed by atoms with van der Waals surface area (Å²) in [5.74, 6) is -0.454. The van der Waals surface area contributed by atoms with Crippen LogP contribution in [0.3, 0.4) is 0 Å². The molecule has 1 atom stereocenters. The lowest BCUT2D eigenvalue weighted by atomic mass is 10.1. The monoisotopic (exact) mass is 278 g/mol. The fraction of sp³-hybridized carbons (Fsp3) is 0.462. The third kappa shape index (κ3) is 3.05. The number of hydrogen-bond donors (Lipinski definition) is 2. The first-order valence-corrected chi connectivity index (χ1v) is 6.51. The zero-order chi connectivity index (χ0) is 14.7. The van der Waals surface area contributed by atoms with Crippen LogP contribution in [0, 0.1) is 10.1 Å². The fourth-order valence-electron chi connectivity index (χ4n) is 2.44. The number of anilines is 1. The van der Waals surface area contributed by atoms with Crippen LogP contribution in [0.15, 0.2) is 18.2 Å². The van der Waals surface area contributed by atoms with Crippen molar-refractivity contribution >= 4 is 17.3 Å². The third-order valence-electron chi connectivity index (χ3n) is 3.63. The molecule has 1 fully saturated rings. The maximum Gasteiger partial charge on any atom is 0.282 e. The molecule has 0 aliphatic carbocycles. The number of nitrogens with two attached hydrogens (primary N) is 1. The summed E-state index contributed by atoms with van der Waals surface area (Å²) in [4.78, 5) is 24.6. The van der Waals surface area contributed by atoms with Gasteiger partial charge in [-0.15, -0.1) is 0 Å². The van der Waals surface area contributed by atoms with Gasteiger partial charge in [-0.2, -0.15) is 0 Å². The van der Waals surface area contributed by atoms with E-state index in [0.717, 1.165) is 19.4 Å². The van der Waals surface area contributed by atoms with Crippen LogP contribution in [-0.4, -0.2) is 41.9 Å². The largest absolute Gasteiger partial charge is 0.399 e. The lowest BCUT2D eigenvalue weighted by Crippen LogP contribution is -2.38. The third-order valence-corrected chi connectivity index (χ3v) is 3.63. The Morgan fingerprint density at radius 3 is 2.95 bits per heavy atom. The van der Waals surface area contributed by atoms with Crippen LogP contribution in [0.2, 0.25) is 0 Å². The van der Waals surface area contributed by atoms with E-state index in [0.29, 0.717) is 18.3 Å². The number of nitrogens with one attached hydrogen (secondary N) is 1. The number of nitrogens with zero attached hydrogens (tertiary/aromatic N) is 2. The number of nitrogen functional groups attached to an aromatic ring is 1. The highest BCUT2D eigenvalue weighted by Gasteiger charge is 2.24. The first-order valence-electron chi connectivity index (χ1n) is 6.51. The molecule has 1 aromatic carbocycles. The van der Waals surface area contributed by atoms with Gasteiger partial charge < -0.3 is 16.0 Å². The summed E-state index contributed by atoms with van der Waals surface area (Å²) in [5, 5.41) is 13.7. The Bertz CT molecular complexity index is 532. The van der Waals surface area contributed by atoms with Crippen LogP contribution in [0.4, 0.5) is 11.4 Å².